The molecule has 2 rings (SSSR count). The second-order valence-corrected chi connectivity index (χ2v) is 4.79. The van der Waals surface area contributed by atoms with Crippen LogP contribution in [0.25, 0.3) is 0 Å². The topological polar surface area (TPSA) is 39.1 Å². The lowest BCUT2D eigenvalue weighted by Crippen LogP contribution is -2.13. The lowest BCUT2D eigenvalue weighted by atomic mass is 10.3. The van der Waals surface area contributed by atoms with Gasteiger partial charge in [-0.1, -0.05) is 0 Å². The molecular formula is C14H16F3N3O. The molecule has 1 aromatic heterocycles. The van der Waals surface area contributed by atoms with Crippen LogP contribution < -0.4 is 5.32 Å². The molecule has 7 heteroatoms. The van der Waals surface area contributed by atoms with Crippen LogP contribution in [0.3, 0.4) is 0 Å². The van der Waals surface area contributed by atoms with Crippen LogP contribution in [-0.2, 0) is 4.74 Å². The van der Waals surface area contributed by atoms with E-state index in [0.717, 1.165) is 6.07 Å². The lowest BCUT2D eigenvalue weighted by molar-refractivity contribution is 0.163. The third-order valence-electron chi connectivity index (χ3n) is 2.99. The molecule has 1 aromatic carbocycles. The van der Waals surface area contributed by atoms with E-state index in [0.29, 0.717) is 24.3 Å². The van der Waals surface area contributed by atoms with Crippen molar-refractivity contribution in [1.29, 1.82) is 0 Å². The largest absolute Gasteiger partial charge is 0.383 e. The summed E-state index contributed by atoms with van der Waals surface area (Å²) in [7, 11) is 1.57. The van der Waals surface area contributed by atoms with Gasteiger partial charge in [-0.2, -0.15) is 0 Å². The predicted molar refractivity (Wildman–Crippen MR) is 73.1 cm³/mol. The van der Waals surface area contributed by atoms with Crippen molar-refractivity contribution in [3.05, 3.63) is 41.5 Å². The van der Waals surface area contributed by atoms with Crippen LogP contribution in [0.4, 0.5) is 24.8 Å². The number of benzene rings is 1. The molecule has 0 aliphatic carbocycles. The average molecular weight is 299 g/mol. The highest BCUT2D eigenvalue weighted by Gasteiger charge is 2.15. The van der Waals surface area contributed by atoms with Crippen molar-refractivity contribution in [2.45, 2.75) is 19.9 Å². The first-order chi connectivity index (χ1) is 9.92. The highest BCUT2D eigenvalue weighted by molar-refractivity contribution is 5.55. The van der Waals surface area contributed by atoms with E-state index in [2.05, 4.69) is 10.3 Å². The van der Waals surface area contributed by atoms with Crippen LogP contribution in [0.5, 0.6) is 0 Å². The number of nitrogens with one attached hydrogen (secondary N) is 1. The summed E-state index contributed by atoms with van der Waals surface area (Å²) in [6, 6.07) is 1.21. The Morgan fingerprint density at radius 1 is 1.24 bits per heavy atom. The summed E-state index contributed by atoms with van der Waals surface area (Å²) >= 11 is 0. The second kappa shape index (κ2) is 6.17. The Balaban J connectivity index is 2.34. The Morgan fingerprint density at radius 3 is 2.57 bits per heavy atom. The molecule has 1 unspecified atom stereocenters. The van der Waals surface area contributed by atoms with Crippen molar-refractivity contribution in [3.8, 4) is 0 Å². The maximum Gasteiger partial charge on any atom is 0.207 e. The molecule has 2 aromatic rings. The standard InChI is InChI=1S/C14H16F3N3O/c1-8-6-20(9(2)7-21-3)14(18-8)19-13-5-11(16)10(15)4-12(13)17/h4-6,9H,7H2,1-3H3,(H,18,19). The predicted octanol–water partition coefficient (Wildman–Crippen LogP) is 3.56. The first-order valence-electron chi connectivity index (χ1n) is 6.38. The van der Waals surface area contributed by atoms with Gasteiger partial charge in [-0.25, -0.2) is 18.2 Å². The molecule has 0 saturated carbocycles. The zero-order valence-electron chi connectivity index (χ0n) is 12.0. The fourth-order valence-corrected chi connectivity index (χ4v) is 2.00. The molecule has 4 nitrogen and oxygen atoms in total. The number of rotatable bonds is 5. The van der Waals surface area contributed by atoms with Gasteiger partial charge in [0, 0.05) is 25.4 Å². The van der Waals surface area contributed by atoms with E-state index in [1.807, 2.05) is 6.92 Å². The molecule has 0 aliphatic rings. The van der Waals surface area contributed by atoms with Gasteiger partial charge in [0.05, 0.1) is 24.0 Å². The maximum atomic E-state index is 13.7. The zero-order valence-corrected chi connectivity index (χ0v) is 12.0. The van der Waals surface area contributed by atoms with Crippen molar-refractivity contribution in [3.63, 3.8) is 0 Å². The number of halogens is 3. The Kier molecular flexibility index (Phi) is 4.52. The Labute approximate surface area is 120 Å². The molecule has 0 amide bonds. The van der Waals surface area contributed by atoms with E-state index in [1.165, 1.54) is 0 Å². The molecule has 21 heavy (non-hydrogen) atoms. The monoisotopic (exact) mass is 299 g/mol. The number of aryl methyl sites for hydroxylation is 1. The van der Waals surface area contributed by atoms with Crippen molar-refractivity contribution in [2.75, 3.05) is 19.0 Å². The van der Waals surface area contributed by atoms with E-state index in [9.17, 15) is 13.2 Å². The minimum Gasteiger partial charge on any atom is -0.383 e. The van der Waals surface area contributed by atoms with E-state index in [4.69, 9.17) is 4.74 Å². The second-order valence-electron chi connectivity index (χ2n) is 4.79. The SMILES string of the molecule is COCC(C)n1cc(C)nc1Nc1cc(F)c(F)cc1F. The molecular weight excluding hydrogens is 283 g/mol. The molecule has 0 bridgehead atoms. The van der Waals surface area contributed by atoms with Crippen LogP contribution in [0, 0.1) is 24.4 Å². The quantitative estimate of drug-likeness (QED) is 0.858. The van der Waals surface area contributed by atoms with Gasteiger partial charge in [-0.05, 0) is 13.8 Å². The average Bonchev–Trinajstić information content (AvgIpc) is 2.77. The molecule has 0 spiro atoms. The van der Waals surface area contributed by atoms with Crippen molar-refractivity contribution < 1.29 is 17.9 Å². The molecule has 114 valence electrons. The first-order valence-corrected chi connectivity index (χ1v) is 6.38. The number of hydrogen-bond acceptors (Lipinski definition) is 3. The summed E-state index contributed by atoms with van der Waals surface area (Å²) in [6.45, 7) is 4.12. The molecule has 0 fully saturated rings. The van der Waals surface area contributed by atoms with E-state index >= 15 is 0 Å². The summed E-state index contributed by atoms with van der Waals surface area (Å²) in [5, 5.41) is 2.68. The smallest absolute Gasteiger partial charge is 0.207 e. The van der Waals surface area contributed by atoms with E-state index in [1.54, 1.807) is 24.8 Å². The van der Waals surface area contributed by atoms with Gasteiger partial charge in [0.2, 0.25) is 5.95 Å². The minimum atomic E-state index is -1.23. The fraction of sp³-hybridized carbons (Fsp3) is 0.357. The van der Waals surface area contributed by atoms with Crippen molar-refractivity contribution in [1.82, 2.24) is 9.55 Å². The molecule has 0 saturated heterocycles. The summed E-state index contributed by atoms with van der Waals surface area (Å²) in [4.78, 5) is 4.22. The van der Waals surface area contributed by atoms with Gasteiger partial charge in [0.25, 0.3) is 0 Å². The van der Waals surface area contributed by atoms with E-state index < -0.39 is 17.5 Å². The minimum absolute atomic E-state index is 0.0490. The van der Waals surface area contributed by atoms with Crippen LogP contribution >= 0.6 is 0 Å². The highest BCUT2D eigenvalue weighted by Crippen LogP contribution is 2.24. The molecule has 0 radical (unpaired) electrons. The fourth-order valence-electron chi connectivity index (χ4n) is 2.00. The van der Waals surface area contributed by atoms with Gasteiger partial charge in [-0.15, -0.1) is 0 Å². The van der Waals surface area contributed by atoms with Gasteiger partial charge in [0.15, 0.2) is 11.6 Å². The number of nitrogens with zero attached hydrogens (tertiary/aromatic N) is 2. The van der Waals surface area contributed by atoms with Crippen LogP contribution in [0.1, 0.15) is 18.7 Å². The lowest BCUT2D eigenvalue weighted by Gasteiger charge is -2.16. The van der Waals surface area contributed by atoms with Crippen LogP contribution in [-0.4, -0.2) is 23.3 Å². The summed E-state index contributed by atoms with van der Waals surface area (Å²) in [6.07, 6.45) is 1.77. The number of hydrogen-bond donors (Lipinski definition) is 1. The number of methoxy groups -OCH3 is 1. The first kappa shape index (κ1) is 15.4. The third kappa shape index (κ3) is 3.36. The summed E-state index contributed by atoms with van der Waals surface area (Å²) in [5.74, 6) is -2.91. The Bertz CT molecular complexity index is 643. The zero-order chi connectivity index (χ0) is 15.6. The normalized spacial score (nSPS) is 12.5. The number of aromatic nitrogens is 2. The van der Waals surface area contributed by atoms with Gasteiger partial charge in [0.1, 0.15) is 5.82 Å². The Morgan fingerprint density at radius 2 is 1.90 bits per heavy atom. The van der Waals surface area contributed by atoms with Gasteiger partial charge < -0.3 is 14.6 Å². The van der Waals surface area contributed by atoms with Crippen LogP contribution in [0.15, 0.2) is 18.3 Å². The van der Waals surface area contributed by atoms with Crippen molar-refractivity contribution in [2.24, 2.45) is 0 Å². The Hall–Kier alpha value is -2.02. The summed E-state index contributed by atoms with van der Waals surface area (Å²) in [5.41, 5.74) is 0.536. The molecule has 1 N–H and O–H groups in total. The third-order valence-corrected chi connectivity index (χ3v) is 2.99. The van der Waals surface area contributed by atoms with Gasteiger partial charge in [-0.3, -0.25) is 0 Å². The van der Waals surface area contributed by atoms with E-state index in [-0.39, 0.29) is 11.7 Å². The van der Waals surface area contributed by atoms with Crippen LogP contribution in [0.2, 0.25) is 0 Å². The van der Waals surface area contributed by atoms with Crippen molar-refractivity contribution >= 4 is 11.6 Å². The highest BCUT2D eigenvalue weighted by atomic mass is 19.2. The molecule has 1 heterocycles. The maximum absolute atomic E-state index is 13.7. The summed E-state index contributed by atoms with van der Waals surface area (Å²) < 4.78 is 46.6. The van der Waals surface area contributed by atoms with Gasteiger partial charge >= 0.3 is 0 Å². The number of ether oxygens (including phenoxy) is 1. The molecule has 1 atom stereocenters. The molecule has 0 aliphatic heterocycles. The number of imidazole rings is 1. The number of anilines is 2.